The molecule has 1 rings (SSSR count). The molecule has 0 N–H and O–H groups in total. The molecule has 0 fully saturated rings. The lowest BCUT2D eigenvalue weighted by atomic mass is 10.4. The van der Waals surface area contributed by atoms with Crippen LogP contribution in [0.5, 0.6) is 0 Å². The summed E-state index contributed by atoms with van der Waals surface area (Å²) in [7, 11) is 0. The SMILES string of the molecule is CCN(CC)C(=O)Cn1cnc(C)c(Br)c1=O. The van der Waals surface area contributed by atoms with Crippen LogP contribution in [0.1, 0.15) is 19.5 Å². The lowest BCUT2D eigenvalue weighted by molar-refractivity contribution is -0.131. The minimum Gasteiger partial charge on any atom is -0.342 e. The van der Waals surface area contributed by atoms with Gasteiger partial charge in [-0.3, -0.25) is 14.2 Å². The van der Waals surface area contributed by atoms with Crippen molar-refractivity contribution in [1.82, 2.24) is 14.5 Å². The fourth-order valence-corrected chi connectivity index (χ4v) is 1.81. The highest BCUT2D eigenvalue weighted by Gasteiger charge is 2.12. The number of hydrogen-bond acceptors (Lipinski definition) is 3. The molecule has 0 aliphatic rings. The first-order valence-electron chi connectivity index (χ1n) is 5.50. The van der Waals surface area contributed by atoms with Crippen molar-refractivity contribution in [3.63, 3.8) is 0 Å². The van der Waals surface area contributed by atoms with Crippen LogP contribution in [0, 0.1) is 6.92 Å². The van der Waals surface area contributed by atoms with E-state index < -0.39 is 0 Å². The molecule has 0 aliphatic heterocycles. The van der Waals surface area contributed by atoms with Crippen LogP contribution in [-0.4, -0.2) is 33.4 Å². The number of hydrogen-bond donors (Lipinski definition) is 0. The molecule has 0 bridgehead atoms. The van der Waals surface area contributed by atoms with E-state index in [-0.39, 0.29) is 18.0 Å². The monoisotopic (exact) mass is 301 g/mol. The third kappa shape index (κ3) is 3.15. The highest BCUT2D eigenvalue weighted by molar-refractivity contribution is 9.10. The summed E-state index contributed by atoms with van der Waals surface area (Å²) < 4.78 is 1.73. The smallest absolute Gasteiger partial charge is 0.268 e. The Kier molecular flexibility index (Phi) is 4.86. The summed E-state index contributed by atoms with van der Waals surface area (Å²) in [6, 6.07) is 0. The first-order valence-corrected chi connectivity index (χ1v) is 6.29. The van der Waals surface area contributed by atoms with E-state index in [1.54, 1.807) is 11.8 Å². The van der Waals surface area contributed by atoms with E-state index in [9.17, 15) is 9.59 Å². The van der Waals surface area contributed by atoms with Gasteiger partial charge in [0.2, 0.25) is 5.91 Å². The topological polar surface area (TPSA) is 55.2 Å². The third-order valence-electron chi connectivity index (χ3n) is 2.58. The van der Waals surface area contributed by atoms with Crippen molar-refractivity contribution in [2.75, 3.05) is 13.1 Å². The van der Waals surface area contributed by atoms with Gasteiger partial charge in [-0.2, -0.15) is 0 Å². The molecule has 17 heavy (non-hydrogen) atoms. The molecule has 0 atom stereocenters. The van der Waals surface area contributed by atoms with Crippen LogP contribution in [0.4, 0.5) is 0 Å². The summed E-state index contributed by atoms with van der Waals surface area (Å²) in [6.45, 7) is 6.88. The molecule has 0 unspecified atom stereocenters. The van der Waals surface area contributed by atoms with Gasteiger partial charge in [0.05, 0.1) is 12.0 Å². The van der Waals surface area contributed by atoms with E-state index in [0.29, 0.717) is 23.3 Å². The molecule has 0 aliphatic carbocycles. The average molecular weight is 302 g/mol. The lowest BCUT2D eigenvalue weighted by Crippen LogP contribution is -2.36. The zero-order valence-electron chi connectivity index (χ0n) is 10.2. The standard InChI is InChI=1S/C11H16BrN3O2/c1-4-14(5-2)9(16)6-15-7-13-8(3)10(12)11(15)17/h7H,4-6H2,1-3H3. The van der Waals surface area contributed by atoms with Crippen molar-refractivity contribution >= 4 is 21.8 Å². The molecule has 0 saturated carbocycles. The van der Waals surface area contributed by atoms with Crippen molar-refractivity contribution < 1.29 is 4.79 Å². The summed E-state index contributed by atoms with van der Waals surface area (Å²) in [5.41, 5.74) is 0.402. The van der Waals surface area contributed by atoms with E-state index in [1.807, 2.05) is 13.8 Å². The van der Waals surface area contributed by atoms with Crippen molar-refractivity contribution in [3.05, 3.63) is 26.8 Å². The Hall–Kier alpha value is -1.17. The molecule has 1 aromatic heterocycles. The predicted octanol–water partition coefficient (Wildman–Crippen LogP) is 1.18. The Morgan fingerprint density at radius 3 is 2.59 bits per heavy atom. The van der Waals surface area contributed by atoms with Crippen LogP contribution in [0.25, 0.3) is 0 Å². The number of rotatable bonds is 4. The first kappa shape index (κ1) is 13.9. The summed E-state index contributed by atoms with van der Waals surface area (Å²) in [5, 5.41) is 0. The Morgan fingerprint density at radius 1 is 1.47 bits per heavy atom. The maximum absolute atomic E-state index is 11.8. The fourth-order valence-electron chi connectivity index (χ4n) is 1.48. The van der Waals surface area contributed by atoms with Crippen molar-refractivity contribution in [1.29, 1.82) is 0 Å². The number of carbonyl (C=O) groups is 1. The van der Waals surface area contributed by atoms with Gasteiger partial charge in [0.15, 0.2) is 0 Å². The number of halogens is 1. The first-order chi connectivity index (χ1) is 8.01. The van der Waals surface area contributed by atoms with Crippen molar-refractivity contribution in [3.8, 4) is 0 Å². The molecule has 0 radical (unpaired) electrons. The van der Waals surface area contributed by atoms with Gasteiger partial charge >= 0.3 is 0 Å². The molecule has 1 heterocycles. The van der Waals surface area contributed by atoms with Crippen molar-refractivity contribution in [2.45, 2.75) is 27.3 Å². The Morgan fingerprint density at radius 2 is 2.06 bits per heavy atom. The fraction of sp³-hybridized carbons (Fsp3) is 0.545. The van der Waals surface area contributed by atoms with Gasteiger partial charge in [0.1, 0.15) is 11.0 Å². The highest BCUT2D eigenvalue weighted by Crippen LogP contribution is 2.06. The third-order valence-corrected chi connectivity index (χ3v) is 3.49. The lowest BCUT2D eigenvalue weighted by Gasteiger charge is -2.19. The highest BCUT2D eigenvalue weighted by atomic mass is 79.9. The number of aryl methyl sites for hydroxylation is 1. The quantitative estimate of drug-likeness (QED) is 0.839. The summed E-state index contributed by atoms with van der Waals surface area (Å²) in [4.78, 5) is 29.4. The molecule has 94 valence electrons. The molecule has 6 heteroatoms. The second-order valence-corrected chi connectivity index (χ2v) is 4.44. The minimum absolute atomic E-state index is 0.0341. The Bertz CT molecular complexity index is 466. The normalized spacial score (nSPS) is 10.4. The molecule has 1 amide bonds. The molecule has 0 saturated heterocycles. The maximum Gasteiger partial charge on any atom is 0.268 e. The minimum atomic E-state index is -0.224. The predicted molar refractivity (Wildman–Crippen MR) is 68.9 cm³/mol. The molecule has 5 nitrogen and oxygen atoms in total. The van der Waals surface area contributed by atoms with Crippen LogP contribution in [0.3, 0.4) is 0 Å². The summed E-state index contributed by atoms with van der Waals surface area (Å²) in [6.07, 6.45) is 1.41. The van der Waals surface area contributed by atoms with Gasteiger partial charge in [-0.1, -0.05) is 0 Å². The second kappa shape index (κ2) is 5.95. The van der Waals surface area contributed by atoms with E-state index in [2.05, 4.69) is 20.9 Å². The van der Waals surface area contributed by atoms with Crippen LogP contribution < -0.4 is 5.56 Å². The van der Waals surface area contributed by atoms with E-state index in [0.717, 1.165) is 0 Å². The zero-order valence-corrected chi connectivity index (χ0v) is 11.8. The number of amides is 1. The number of aromatic nitrogens is 2. The van der Waals surface area contributed by atoms with E-state index in [1.165, 1.54) is 10.9 Å². The van der Waals surface area contributed by atoms with Gasteiger partial charge in [0.25, 0.3) is 5.56 Å². The summed E-state index contributed by atoms with van der Waals surface area (Å²) in [5.74, 6) is -0.0744. The maximum atomic E-state index is 11.8. The van der Waals surface area contributed by atoms with Gasteiger partial charge in [-0.15, -0.1) is 0 Å². The van der Waals surface area contributed by atoms with E-state index >= 15 is 0 Å². The van der Waals surface area contributed by atoms with Crippen LogP contribution in [0.15, 0.2) is 15.6 Å². The Balaban J connectivity index is 2.93. The summed E-state index contributed by atoms with van der Waals surface area (Å²) >= 11 is 3.17. The average Bonchev–Trinajstić information content (AvgIpc) is 2.31. The zero-order chi connectivity index (χ0) is 13.0. The number of carbonyl (C=O) groups excluding carboxylic acids is 1. The molecule has 1 aromatic rings. The molecule has 0 spiro atoms. The van der Waals surface area contributed by atoms with Gasteiger partial charge < -0.3 is 4.90 Å². The molecular weight excluding hydrogens is 286 g/mol. The van der Waals surface area contributed by atoms with Gasteiger partial charge in [-0.25, -0.2) is 4.98 Å². The Labute approximate surface area is 109 Å². The van der Waals surface area contributed by atoms with Crippen LogP contribution in [-0.2, 0) is 11.3 Å². The molecular formula is C11H16BrN3O2. The molecule has 0 aromatic carbocycles. The van der Waals surface area contributed by atoms with Crippen molar-refractivity contribution in [2.24, 2.45) is 0 Å². The van der Waals surface area contributed by atoms with Crippen LogP contribution >= 0.6 is 15.9 Å². The van der Waals surface area contributed by atoms with Gasteiger partial charge in [0, 0.05) is 13.1 Å². The largest absolute Gasteiger partial charge is 0.342 e. The van der Waals surface area contributed by atoms with Crippen LogP contribution in [0.2, 0.25) is 0 Å². The number of nitrogens with zero attached hydrogens (tertiary/aromatic N) is 3. The van der Waals surface area contributed by atoms with E-state index in [4.69, 9.17) is 0 Å². The van der Waals surface area contributed by atoms with Gasteiger partial charge in [-0.05, 0) is 36.7 Å². The second-order valence-electron chi connectivity index (χ2n) is 3.64. The number of likely N-dealkylation sites (N-methyl/N-ethyl adjacent to an activating group) is 1.